The molecule has 0 fully saturated rings. The average Bonchev–Trinajstić information content (AvgIpc) is 2.35. The van der Waals surface area contributed by atoms with Crippen molar-refractivity contribution < 1.29 is 4.39 Å². The van der Waals surface area contributed by atoms with Crippen LogP contribution in [0, 0.1) is 12.7 Å². The molecule has 0 heterocycles. The molecule has 2 aromatic carbocycles. The second-order valence-corrected chi connectivity index (χ2v) is 5.33. The minimum Gasteiger partial charge on any atom is -0.381 e. The first-order chi connectivity index (χ1) is 8.56. The molecule has 94 valence electrons. The van der Waals surface area contributed by atoms with Gasteiger partial charge in [-0.2, -0.15) is 0 Å². The Morgan fingerprint density at radius 1 is 1.22 bits per heavy atom. The maximum Gasteiger partial charge on any atom is 0.143 e. The molecule has 0 bridgehead atoms. The fourth-order valence-corrected chi connectivity index (χ4v) is 2.10. The van der Waals surface area contributed by atoms with E-state index in [0.29, 0.717) is 12.2 Å². The summed E-state index contributed by atoms with van der Waals surface area (Å²) in [7, 11) is 0. The molecule has 1 nitrogen and oxygen atoms in total. The van der Waals surface area contributed by atoms with E-state index in [4.69, 9.17) is 11.6 Å². The maximum atomic E-state index is 13.2. The standard InChI is InChI=1S/C14H12BrClFN/c1-9-2-3-10(6-12(9)15)8-18-11-4-5-13(16)14(17)7-11/h2-7,18H,8H2,1H3. The van der Waals surface area contributed by atoms with Gasteiger partial charge < -0.3 is 5.32 Å². The second kappa shape index (κ2) is 5.72. The summed E-state index contributed by atoms with van der Waals surface area (Å²) in [4.78, 5) is 0. The van der Waals surface area contributed by atoms with E-state index in [1.807, 2.05) is 19.1 Å². The SMILES string of the molecule is Cc1ccc(CNc2ccc(Cl)c(F)c2)cc1Br. The predicted molar refractivity (Wildman–Crippen MR) is 77.6 cm³/mol. The van der Waals surface area contributed by atoms with E-state index in [0.717, 1.165) is 10.0 Å². The lowest BCUT2D eigenvalue weighted by molar-refractivity contribution is 0.628. The number of rotatable bonds is 3. The monoisotopic (exact) mass is 327 g/mol. The molecule has 18 heavy (non-hydrogen) atoms. The maximum absolute atomic E-state index is 13.2. The Hall–Kier alpha value is -1.06. The van der Waals surface area contributed by atoms with Crippen molar-refractivity contribution in [2.75, 3.05) is 5.32 Å². The van der Waals surface area contributed by atoms with Crippen molar-refractivity contribution in [1.82, 2.24) is 0 Å². The molecule has 0 saturated carbocycles. The fraction of sp³-hybridized carbons (Fsp3) is 0.143. The van der Waals surface area contributed by atoms with Crippen LogP contribution in [0.3, 0.4) is 0 Å². The third-order valence-electron chi connectivity index (χ3n) is 2.65. The zero-order valence-electron chi connectivity index (χ0n) is 9.81. The minimum atomic E-state index is -0.410. The molecular weight excluding hydrogens is 317 g/mol. The van der Waals surface area contributed by atoms with Crippen molar-refractivity contribution in [3.8, 4) is 0 Å². The highest BCUT2D eigenvalue weighted by Gasteiger charge is 2.01. The Kier molecular flexibility index (Phi) is 4.25. The lowest BCUT2D eigenvalue weighted by Crippen LogP contribution is -2.00. The van der Waals surface area contributed by atoms with Crippen LogP contribution in [0.25, 0.3) is 0 Å². The molecule has 0 atom stereocenters. The molecule has 1 N–H and O–H groups in total. The molecule has 0 spiro atoms. The highest BCUT2D eigenvalue weighted by molar-refractivity contribution is 9.10. The van der Waals surface area contributed by atoms with Gasteiger partial charge in [-0.05, 0) is 42.3 Å². The van der Waals surface area contributed by atoms with Crippen molar-refractivity contribution in [3.63, 3.8) is 0 Å². The molecule has 4 heteroatoms. The lowest BCUT2D eigenvalue weighted by atomic mass is 10.1. The zero-order valence-corrected chi connectivity index (χ0v) is 12.1. The zero-order chi connectivity index (χ0) is 13.1. The quantitative estimate of drug-likeness (QED) is 0.820. The summed E-state index contributed by atoms with van der Waals surface area (Å²) in [5.41, 5.74) is 3.03. The summed E-state index contributed by atoms with van der Waals surface area (Å²) < 4.78 is 14.3. The van der Waals surface area contributed by atoms with E-state index in [1.54, 1.807) is 12.1 Å². The van der Waals surface area contributed by atoms with E-state index in [9.17, 15) is 4.39 Å². The fourth-order valence-electron chi connectivity index (χ4n) is 1.56. The van der Waals surface area contributed by atoms with Gasteiger partial charge in [-0.3, -0.25) is 0 Å². The Labute approximate surface area is 119 Å². The second-order valence-electron chi connectivity index (χ2n) is 4.07. The van der Waals surface area contributed by atoms with Crippen LogP contribution in [-0.4, -0.2) is 0 Å². The molecule has 0 aliphatic carbocycles. The number of nitrogens with one attached hydrogen (secondary N) is 1. The molecule has 2 aromatic rings. The van der Waals surface area contributed by atoms with Gasteiger partial charge in [-0.15, -0.1) is 0 Å². The summed E-state index contributed by atoms with van der Waals surface area (Å²) in [6.07, 6.45) is 0. The highest BCUT2D eigenvalue weighted by atomic mass is 79.9. The van der Waals surface area contributed by atoms with Crippen LogP contribution in [0.1, 0.15) is 11.1 Å². The number of benzene rings is 2. The first-order valence-corrected chi connectivity index (χ1v) is 6.67. The van der Waals surface area contributed by atoms with Gasteiger partial charge in [0.2, 0.25) is 0 Å². The molecule has 0 saturated heterocycles. The van der Waals surface area contributed by atoms with Crippen LogP contribution in [0.2, 0.25) is 5.02 Å². The number of hydrogen-bond acceptors (Lipinski definition) is 1. The molecule has 0 amide bonds. The highest BCUT2D eigenvalue weighted by Crippen LogP contribution is 2.21. The molecule has 0 aliphatic rings. The normalized spacial score (nSPS) is 10.4. The predicted octanol–water partition coefficient (Wildman–Crippen LogP) is 5.16. The lowest BCUT2D eigenvalue weighted by Gasteiger charge is -2.08. The molecule has 0 aliphatic heterocycles. The van der Waals surface area contributed by atoms with Crippen molar-refractivity contribution >= 4 is 33.2 Å². The van der Waals surface area contributed by atoms with Crippen LogP contribution in [0.5, 0.6) is 0 Å². The molecule has 2 rings (SSSR count). The Balaban J connectivity index is 2.06. The van der Waals surface area contributed by atoms with Gasteiger partial charge in [0.1, 0.15) is 5.82 Å². The van der Waals surface area contributed by atoms with Crippen molar-refractivity contribution in [1.29, 1.82) is 0 Å². The van der Waals surface area contributed by atoms with Gasteiger partial charge in [-0.1, -0.05) is 39.7 Å². The van der Waals surface area contributed by atoms with Crippen LogP contribution >= 0.6 is 27.5 Å². The minimum absolute atomic E-state index is 0.138. The van der Waals surface area contributed by atoms with Crippen LogP contribution in [0.4, 0.5) is 10.1 Å². The topological polar surface area (TPSA) is 12.0 Å². The molecule has 0 radical (unpaired) electrons. The summed E-state index contributed by atoms with van der Waals surface area (Å²) in [5.74, 6) is -0.410. The average molecular weight is 329 g/mol. The summed E-state index contributed by atoms with van der Waals surface area (Å²) in [5, 5.41) is 3.29. The summed E-state index contributed by atoms with van der Waals surface area (Å²) in [6, 6.07) is 10.8. The summed E-state index contributed by atoms with van der Waals surface area (Å²) >= 11 is 9.12. The Bertz CT molecular complexity index is 520. The number of halogens is 3. The van der Waals surface area contributed by atoms with E-state index >= 15 is 0 Å². The van der Waals surface area contributed by atoms with Crippen LogP contribution < -0.4 is 5.32 Å². The van der Waals surface area contributed by atoms with Crippen molar-refractivity contribution in [2.45, 2.75) is 13.5 Å². The first-order valence-electron chi connectivity index (χ1n) is 5.50. The van der Waals surface area contributed by atoms with E-state index in [-0.39, 0.29) is 5.02 Å². The Morgan fingerprint density at radius 3 is 2.67 bits per heavy atom. The van der Waals surface area contributed by atoms with Crippen molar-refractivity contribution in [3.05, 3.63) is 62.8 Å². The van der Waals surface area contributed by atoms with Crippen molar-refractivity contribution in [2.24, 2.45) is 0 Å². The van der Waals surface area contributed by atoms with Gasteiger partial charge in [0.15, 0.2) is 0 Å². The first kappa shape index (κ1) is 13.4. The van der Waals surface area contributed by atoms with Gasteiger partial charge in [0.25, 0.3) is 0 Å². The van der Waals surface area contributed by atoms with Crippen LogP contribution in [0.15, 0.2) is 40.9 Å². The van der Waals surface area contributed by atoms with E-state index < -0.39 is 5.82 Å². The van der Waals surface area contributed by atoms with Crippen LogP contribution in [-0.2, 0) is 6.54 Å². The van der Waals surface area contributed by atoms with Gasteiger partial charge >= 0.3 is 0 Å². The number of aryl methyl sites for hydroxylation is 1. The van der Waals surface area contributed by atoms with Gasteiger partial charge in [0, 0.05) is 16.7 Å². The van der Waals surface area contributed by atoms with E-state index in [2.05, 4.69) is 27.3 Å². The molecule has 0 unspecified atom stereocenters. The van der Waals surface area contributed by atoms with Gasteiger partial charge in [-0.25, -0.2) is 4.39 Å². The summed E-state index contributed by atoms with van der Waals surface area (Å²) in [6.45, 7) is 2.68. The van der Waals surface area contributed by atoms with Gasteiger partial charge in [0.05, 0.1) is 5.02 Å². The Morgan fingerprint density at radius 2 is 2.00 bits per heavy atom. The molecular formula is C14H12BrClFN. The molecule has 0 aromatic heterocycles. The third-order valence-corrected chi connectivity index (χ3v) is 3.81. The largest absolute Gasteiger partial charge is 0.381 e. The smallest absolute Gasteiger partial charge is 0.143 e. The number of hydrogen-bond donors (Lipinski definition) is 1. The van der Waals surface area contributed by atoms with E-state index in [1.165, 1.54) is 11.6 Å². The number of anilines is 1. The third kappa shape index (κ3) is 3.24.